The number of hydrogen-bond donors (Lipinski definition) is 0. The van der Waals surface area contributed by atoms with Crippen molar-refractivity contribution in [3.8, 4) is 11.6 Å². The molecule has 1 aromatic carbocycles. The number of nitrogens with zero attached hydrogens (tertiary/aromatic N) is 1. The second-order valence-electron chi connectivity index (χ2n) is 4.25. The highest BCUT2D eigenvalue weighted by atomic mass is 16.5. The van der Waals surface area contributed by atoms with Gasteiger partial charge in [-0.25, -0.2) is 9.78 Å². The third-order valence-electron chi connectivity index (χ3n) is 2.71. The Hall–Kier alpha value is -2.36. The van der Waals surface area contributed by atoms with Crippen molar-refractivity contribution in [1.82, 2.24) is 4.98 Å². The van der Waals surface area contributed by atoms with Gasteiger partial charge < -0.3 is 9.47 Å². The average Bonchev–Trinajstić information content (AvgIpc) is 2.42. The van der Waals surface area contributed by atoms with E-state index in [1.807, 2.05) is 32.0 Å². The maximum absolute atomic E-state index is 11.4. The molecule has 1 aromatic heterocycles. The molecular weight excluding hydrogens is 242 g/mol. The lowest BCUT2D eigenvalue weighted by atomic mass is 10.1. The Balaban J connectivity index is 2.28. The first-order chi connectivity index (χ1) is 9.10. The van der Waals surface area contributed by atoms with E-state index >= 15 is 0 Å². The topological polar surface area (TPSA) is 48.4 Å². The molecule has 0 aliphatic carbocycles. The first-order valence-electron chi connectivity index (χ1n) is 5.89. The number of carbonyl (C=O) groups is 1. The summed E-state index contributed by atoms with van der Waals surface area (Å²) < 4.78 is 10.4. The van der Waals surface area contributed by atoms with Crippen molar-refractivity contribution in [2.45, 2.75) is 13.8 Å². The van der Waals surface area contributed by atoms with E-state index in [0.29, 0.717) is 11.4 Å². The summed E-state index contributed by atoms with van der Waals surface area (Å²) in [7, 11) is 1.34. The van der Waals surface area contributed by atoms with Gasteiger partial charge in [-0.1, -0.05) is 12.1 Å². The normalized spacial score (nSPS) is 10.1. The van der Waals surface area contributed by atoms with Crippen LogP contribution in [0.5, 0.6) is 11.6 Å². The maximum Gasteiger partial charge on any atom is 0.338 e. The molecule has 0 radical (unpaired) electrons. The van der Waals surface area contributed by atoms with Gasteiger partial charge in [-0.3, -0.25) is 0 Å². The molecule has 0 saturated carbocycles. The summed E-state index contributed by atoms with van der Waals surface area (Å²) in [6, 6.07) is 9.08. The van der Waals surface area contributed by atoms with Crippen LogP contribution in [0.15, 0.2) is 36.5 Å². The zero-order valence-electron chi connectivity index (χ0n) is 11.1. The zero-order valence-corrected chi connectivity index (χ0v) is 11.1. The predicted octanol–water partition coefficient (Wildman–Crippen LogP) is 3.28. The van der Waals surface area contributed by atoms with E-state index in [9.17, 15) is 4.79 Å². The molecule has 0 amide bonds. The van der Waals surface area contributed by atoms with Crippen LogP contribution in [-0.4, -0.2) is 18.1 Å². The quantitative estimate of drug-likeness (QED) is 0.792. The molecule has 0 saturated heterocycles. The number of carbonyl (C=O) groups excluding carboxylic acids is 1. The minimum absolute atomic E-state index is 0.372. The van der Waals surface area contributed by atoms with Crippen molar-refractivity contribution in [3.63, 3.8) is 0 Å². The molecular formula is C15H15NO3. The van der Waals surface area contributed by atoms with Crippen molar-refractivity contribution in [2.75, 3.05) is 7.11 Å². The Morgan fingerprint density at radius 2 is 1.95 bits per heavy atom. The molecule has 0 fully saturated rings. The van der Waals surface area contributed by atoms with E-state index in [2.05, 4.69) is 9.72 Å². The van der Waals surface area contributed by atoms with Crippen LogP contribution in [0.3, 0.4) is 0 Å². The highest BCUT2D eigenvalue weighted by molar-refractivity contribution is 5.89. The molecule has 4 nitrogen and oxygen atoms in total. The highest BCUT2D eigenvalue weighted by Gasteiger charge is 2.08. The molecule has 0 aliphatic heterocycles. The lowest BCUT2D eigenvalue weighted by Gasteiger charge is -2.09. The summed E-state index contributed by atoms with van der Waals surface area (Å²) in [5.74, 6) is 0.694. The number of ether oxygens (including phenoxy) is 2. The fourth-order valence-electron chi connectivity index (χ4n) is 1.64. The van der Waals surface area contributed by atoms with Crippen molar-refractivity contribution in [3.05, 3.63) is 53.2 Å². The van der Waals surface area contributed by atoms with Gasteiger partial charge in [0, 0.05) is 12.3 Å². The Kier molecular flexibility index (Phi) is 3.80. The first kappa shape index (κ1) is 13.1. The summed E-state index contributed by atoms with van der Waals surface area (Å²) >= 11 is 0. The van der Waals surface area contributed by atoms with Crippen molar-refractivity contribution in [2.24, 2.45) is 0 Å². The van der Waals surface area contributed by atoms with Gasteiger partial charge in [0.25, 0.3) is 0 Å². The van der Waals surface area contributed by atoms with Crippen LogP contribution in [0.1, 0.15) is 21.5 Å². The van der Waals surface area contributed by atoms with E-state index in [-0.39, 0.29) is 0 Å². The molecule has 0 N–H and O–H groups in total. The number of hydrogen-bond acceptors (Lipinski definition) is 4. The van der Waals surface area contributed by atoms with Crippen LogP contribution in [0, 0.1) is 13.8 Å². The van der Waals surface area contributed by atoms with Gasteiger partial charge in [0.2, 0.25) is 5.88 Å². The van der Waals surface area contributed by atoms with E-state index in [1.54, 1.807) is 12.1 Å². The first-order valence-corrected chi connectivity index (χ1v) is 5.89. The molecule has 0 spiro atoms. The summed E-state index contributed by atoms with van der Waals surface area (Å²) in [5.41, 5.74) is 2.53. The molecule has 0 aliphatic rings. The number of pyridine rings is 1. The molecule has 0 unspecified atom stereocenters. The summed E-state index contributed by atoms with van der Waals surface area (Å²) in [6.07, 6.45) is 1.52. The fraction of sp³-hybridized carbons (Fsp3) is 0.200. The van der Waals surface area contributed by atoms with Gasteiger partial charge in [-0.05, 0) is 37.1 Å². The third-order valence-corrected chi connectivity index (χ3v) is 2.71. The Morgan fingerprint density at radius 1 is 1.16 bits per heavy atom. The maximum atomic E-state index is 11.4. The van der Waals surface area contributed by atoms with Crippen LogP contribution in [0.25, 0.3) is 0 Å². The molecule has 19 heavy (non-hydrogen) atoms. The molecule has 1 heterocycles. The number of esters is 1. The minimum Gasteiger partial charge on any atom is -0.465 e. The fourth-order valence-corrected chi connectivity index (χ4v) is 1.64. The average molecular weight is 257 g/mol. The van der Waals surface area contributed by atoms with Gasteiger partial charge in [-0.2, -0.15) is 0 Å². The SMILES string of the molecule is COC(=O)c1ccnc(Oc2cc(C)ccc2C)c1. The largest absolute Gasteiger partial charge is 0.465 e. The van der Waals surface area contributed by atoms with E-state index in [1.165, 1.54) is 13.3 Å². The minimum atomic E-state index is -0.409. The van der Waals surface area contributed by atoms with E-state index < -0.39 is 5.97 Å². The third kappa shape index (κ3) is 3.10. The standard InChI is InChI=1S/C15H15NO3/c1-10-4-5-11(2)13(8-10)19-14-9-12(6-7-16-14)15(17)18-3/h4-9H,1-3H3. The Labute approximate surface area is 112 Å². The molecule has 4 heteroatoms. The van der Waals surface area contributed by atoms with Crippen LogP contribution in [0.4, 0.5) is 0 Å². The lowest BCUT2D eigenvalue weighted by Crippen LogP contribution is -2.02. The zero-order chi connectivity index (χ0) is 13.8. The van der Waals surface area contributed by atoms with E-state index in [4.69, 9.17) is 4.74 Å². The molecule has 2 aromatic rings. The molecule has 98 valence electrons. The monoisotopic (exact) mass is 257 g/mol. The lowest BCUT2D eigenvalue weighted by molar-refractivity contribution is 0.0600. The summed E-state index contributed by atoms with van der Waals surface area (Å²) in [4.78, 5) is 15.5. The van der Waals surface area contributed by atoms with Crippen molar-refractivity contribution < 1.29 is 14.3 Å². The van der Waals surface area contributed by atoms with Crippen molar-refractivity contribution >= 4 is 5.97 Å². The van der Waals surface area contributed by atoms with Crippen LogP contribution in [-0.2, 0) is 4.74 Å². The van der Waals surface area contributed by atoms with Crippen LogP contribution >= 0.6 is 0 Å². The number of aromatic nitrogens is 1. The van der Waals surface area contributed by atoms with Crippen LogP contribution < -0.4 is 4.74 Å². The number of methoxy groups -OCH3 is 1. The summed E-state index contributed by atoms with van der Waals surface area (Å²) in [5, 5.41) is 0. The Bertz CT molecular complexity index is 608. The predicted molar refractivity (Wildman–Crippen MR) is 71.6 cm³/mol. The number of aryl methyl sites for hydroxylation is 2. The number of benzene rings is 1. The number of rotatable bonds is 3. The van der Waals surface area contributed by atoms with Gasteiger partial charge in [0.1, 0.15) is 5.75 Å². The molecule has 2 rings (SSSR count). The highest BCUT2D eigenvalue weighted by Crippen LogP contribution is 2.25. The van der Waals surface area contributed by atoms with Gasteiger partial charge in [0.05, 0.1) is 12.7 Å². The van der Waals surface area contributed by atoms with Crippen LogP contribution in [0.2, 0.25) is 0 Å². The summed E-state index contributed by atoms with van der Waals surface area (Å²) in [6.45, 7) is 3.95. The smallest absolute Gasteiger partial charge is 0.338 e. The second-order valence-corrected chi connectivity index (χ2v) is 4.25. The van der Waals surface area contributed by atoms with Gasteiger partial charge in [0.15, 0.2) is 0 Å². The van der Waals surface area contributed by atoms with Gasteiger partial charge >= 0.3 is 5.97 Å². The Morgan fingerprint density at radius 3 is 2.68 bits per heavy atom. The van der Waals surface area contributed by atoms with E-state index in [0.717, 1.165) is 16.9 Å². The van der Waals surface area contributed by atoms with Gasteiger partial charge in [-0.15, -0.1) is 0 Å². The van der Waals surface area contributed by atoms with Crippen molar-refractivity contribution in [1.29, 1.82) is 0 Å². The molecule has 0 bridgehead atoms. The molecule has 0 atom stereocenters. The second kappa shape index (κ2) is 5.52.